The molecular weight excluding hydrogens is 513 g/mol. The maximum atomic E-state index is 13.1. The highest BCUT2D eigenvalue weighted by atomic mass is 19.4. The number of hydrogen-bond acceptors (Lipinski definition) is 1. The van der Waals surface area contributed by atoms with E-state index >= 15 is 0 Å². The molecule has 2 nitrogen and oxygen atoms in total. The van der Waals surface area contributed by atoms with Crippen molar-refractivity contribution in [2.24, 2.45) is 0 Å². The van der Waals surface area contributed by atoms with Crippen LogP contribution in [0.25, 0.3) is 0 Å². The van der Waals surface area contributed by atoms with E-state index in [-0.39, 0.29) is 0 Å². The summed E-state index contributed by atoms with van der Waals surface area (Å²) in [7, 11) is 0. The lowest BCUT2D eigenvalue weighted by Crippen LogP contribution is -2.76. The van der Waals surface area contributed by atoms with Crippen LogP contribution in [0.4, 0.5) is 83.4 Å². The maximum Gasteiger partial charge on any atom is 0.460 e. The fourth-order valence-corrected chi connectivity index (χ4v) is 1.49. The van der Waals surface area contributed by atoms with Crippen molar-refractivity contribution in [3.63, 3.8) is 0 Å². The van der Waals surface area contributed by atoms with Crippen LogP contribution in [0.3, 0.4) is 0 Å². The van der Waals surface area contributed by atoms with Crippen molar-refractivity contribution < 1.29 is 93.3 Å². The van der Waals surface area contributed by atoms with Crippen LogP contribution in [0, 0.1) is 0 Å². The first-order valence-corrected chi connectivity index (χ1v) is 6.25. The molecule has 0 aromatic heterocycles. The molecule has 0 saturated heterocycles. The molecule has 0 fully saturated rings. The van der Waals surface area contributed by atoms with Gasteiger partial charge in [-0.1, -0.05) is 0 Å². The molecule has 0 saturated carbocycles. The summed E-state index contributed by atoms with van der Waals surface area (Å²) in [4.78, 5) is 9.69. The van der Waals surface area contributed by atoms with Gasteiger partial charge in [-0.3, -0.25) is 0 Å². The minimum absolute atomic E-state index is 4.73. The number of carbonyl (C=O) groups is 1. The summed E-state index contributed by atoms with van der Waals surface area (Å²) in [5, 5.41) is 9.69. The highest BCUT2D eigenvalue weighted by Crippen LogP contribution is 2.65. The van der Waals surface area contributed by atoms with Crippen molar-refractivity contribution in [1.82, 2.24) is 0 Å². The topological polar surface area (TPSA) is 37.0 Å². The van der Waals surface area contributed by atoms with E-state index in [0.717, 1.165) is 0 Å². The van der Waals surface area contributed by atoms with Crippen LogP contribution in [0.2, 0.25) is 0 Å². The van der Waals surface area contributed by atoms with Crippen molar-refractivity contribution in [1.29, 1.82) is 0 Å². The van der Waals surface area contributed by atoms with Gasteiger partial charge in [-0.2, -0.15) is 83.4 Å². The molecule has 0 bridgehead atoms. The minimum atomic E-state index is -9.08. The zero-order valence-corrected chi connectivity index (χ0v) is 13.0. The Bertz CT molecular complexity index is 701. The predicted octanol–water partition coefficient (Wildman–Crippen LogP) is 5.59. The fourth-order valence-electron chi connectivity index (χ4n) is 1.49. The average molecular weight is 513 g/mol. The van der Waals surface area contributed by atoms with E-state index in [0.29, 0.717) is 0 Å². The Balaban J connectivity index is 6.95. The average Bonchev–Trinajstić information content (AvgIpc) is 2.52. The third-order valence-corrected chi connectivity index (χ3v) is 3.37. The molecule has 0 spiro atoms. The Labute approximate surface area is 154 Å². The van der Waals surface area contributed by atoms with Crippen molar-refractivity contribution in [2.75, 3.05) is 0 Å². The monoisotopic (exact) mass is 513 g/mol. The number of alkyl halides is 19. The Morgan fingerprint density at radius 1 is 0.355 bits per heavy atom. The van der Waals surface area contributed by atoms with Crippen molar-refractivity contribution >= 4 is 5.97 Å². The van der Waals surface area contributed by atoms with Gasteiger partial charge < -0.3 is 0 Å². The number of rotatable bonds is 8. The molecule has 0 aliphatic carbocycles. The van der Waals surface area contributed by atoms with Gasteiger partial charge in [0.2, 0.25) is 0 Å². The summed E-state index contributed by atoms with van der Waals surface area (Å²) in [6, 6.07) is 0. The van der Waals surface area contributed by atoms with E-state index in [2.05, 4.69) is 0 Å². The molecule has 0 amide bonds. The molecule has 31 heavy (non-hydrogen) atoms. The lowest BCUT2D eigenvalue weighted by atomic mass is 9.87. The SMILES string of the molecule is [O]C(=O)C(F)(F)C(F)(F)C(F)(F)C(F)(F)C(F)(F)C(F)(F)C(F)(F)C(F)(F)C(F)(F)F. The third kappa shape index (κ3) is 3.32. The lowest BCUT2D eigenvalue weighted by Gasteiger charge is -2.43. The smallest absolute Gasteiger partial charge is 0.240 e. The van der Waals surface area contributed by atoms with Gasteiger partial charge >= 0.3 is 59.5 Å². The van der Waals surface area contributed by atoms with E-state index < -0.39 is 59.5 Å². The zero-order chi connectivity index (χ0) is 26.1. The van der Waals surface area contributed by atoms with Gasteiger partial charge in [-0.25, -0.2) is 9.90 Å². The van der Waals surface area contributed by atoms with Gasteiger partial charge in [0.15, 0.2) is 0 Å². The standard InChI is InChI=1S/C10F19O2/c11-2(12,1(30)31)3(13,14)4(15,16)5(17,18)6(19,20)7(21,22)8(23,24)9(25,26)10(27,28)29. The van der Waals surface area contributed by atoms with Gasteiger partial charge in [-0.15, -0.1) is 0 Å². The molecule has 0 aliphatic heterocycles. The lowest BCUT2D eigenvalue weighted by molar-refractivity contribution is -0.467. The second-order valence-electron chi connectivity index (χ2n) is 5.38. The van der Waals surface area contributed by atoms with E-state index in [1.807, 2.05) is 0 Å². The highest BCUT2D eigenvalue weighted by Gasteiger charge is 2.97. The van der Waals surface area contributed by atoms with Gasteiger partial charge in [0, 0.05) is 0 Å². The number of carbonyl (C=O) groups excluding carboxylic acids is 1. The van der Waals surface area contributed by atoms with Crippen molar-refractivity contribution in [3.8, 4) is 0 Å². The molecule has 185 valence electrons. The minimum Gasteiger partial charge on any atom is -0.240 e. The molecule has 0 rings (SSSR count). The van der Waals surface area contributed by atoms with Crippen LogP contribution in [-0.2, 0) is 9.90 Å². The van der Waals surface area contributed by atoms with Crippen molar-refractivity contribution in [3.05, 3.63) is 0 Å². The zero-order valence-electron chi connectivity index (χ0n) is 13.0. The second-order valence-corrected chi connectivity index (χ2v) is 5.38. The predicted molar refractivity (Wildman–Crippen MR) is 51.3 cm³/mol. The largest absolute Gasteiger partial charge is 0.460 e. The molecule has 0 aliphatic rings. The van der Waals surface area contributed by atoms with Gasteiger partial charge in [0.05, 0.1) is 0 Å². The van der Waals surface area contributed by atoms with Gasteiger partial charge in [-0.05, 0) is 0 Å². The van der Waals surface area contributed by atoms with Crippen LogP contribution in [0.15, 0.2) is 0 Å². The molecule has 0 unspecified atom stereocenters. The highest BCUT2D eigenvalue weighted by molar-refractivity contribution is 5.76. The van der Waals surface area contributed by atoms with Crippen LogP contribution < -0.4 is 0 Å². The fraction of sp³-hybridized carbons (Fsp3) is 0.900. The third-order valence-electron chi connectivity index (χ3n) is 3.37. The van der Waals surface area contributed by atoms with Gasteiger partial charge in [0.25, 0.3) is 0 Å². The summed E-state index contributed by atoms with van der Waals surface area (Å²) in [5.74, 6) is -73.8. The first-order chi connectivity index (χ1) is 12.9. The second kappa shape index (κ2) is 6.82. The molecule has 0 atom stereocenters. The Hall–Kier alpha value is -1.86. The molecule has 0 N–H and O–H groups in total. The van der Waals surface area contributed by atoms with Crippen LogP contribution in [0.1, 0.15) is 0 Å². The Kier molecular flexibility index (Phi) is 6.41. The summed E-state index contributed by atoms with van der Waals surface area (Å²) < 4.78 is 241. The molecule has 1 radical (unpaired) electrons. The maximum absolute atomic E-state index is 13.1. The molecule has 0 aromatic carbocycles. The molecule has 21 heteroatoms. The van der Waals surface area contributed by atoms with Gasteiger partial charge in [0.1, 0.15) is 0 Å². The van der Waals surface area contributed by atoms with E-state index in [4.69, 9.17) is 0 Å². The summed E-state index contributed by atoms with van der Waals surface area (Å²) in [6.45, 7) is 0. The molecular formula is C10F19O2. The normalized spacial score (nSPS) is 16.5. The number of hydrogen-bond donors (Lipinski definition) is 0. The summed E-state index contributed by atoms with van der Waals surface area (Å²) in [6.07, 6.45) is -7.96. The first kappa shape index (κ1) is 29.1. The number of halogens is 19. The summed E-state index contributed by atoms with van der Waals surface area (Å²) in [5.41, 5.74) is 0. The Morgan fingerprint density at radius 2 is 0.548 bits per heavy atom. The molecule has 0 heterocycles. The van der Waals surface area contributed by atoms with Crippen LogP contribution in [-0.4, -0.2) is 59.5 Å². The quantitative estimate of drug-likeness (QED) is 0.391. The van der Waals surface area contributed by atoms with E-state index in [1.54, 1.807) is 0 Å². The van der Waals surface area contributed by atoms with Crippen molar-refractivity contribution in [2.45, 2.75) is 53.6 Å². The van der Waals surface area contributed by atoms with E-state index in [9.17, 15) is 93.3 Å². The summed E-state index contributed by atoms with van der Waals surface area (Å²) >= 11 is 0. The Morgan fingerprint density at radius 3 is 0.742 bits per heavy atom. The molecule has 0 aromatic rings. The van der Waals surface area contributed by atoms with E-state index in [1.165, 1.54) is 0 Å². The first-order valence-electron chi connectivity index (χ1n) is 6.25. The van der Waals surface area contributed by atoms with Crippen LogP contribution >= 0.6 is 0 Å². The van der Waals surface area contributed by atoms with Crippen LogP contribution in [0.5, 0.6) is 0 Å².